The number of amides is 1. The van der Waals surface area contributed by atoms with Crippen molar-refractivity contribution in [2.24, 2.45) is 5.92 Å². The molecule has 4 aromatic rings. The monoisotopic (exact) mass is 439 g/mol. The number of pyridine rings is 2. The molecule has 3 aromatic heterocycles. The molecule has 1 aliphatic carbocycles. The maximum atomic E-state index is 12.7. The van der Waals surface area contributed by atoms with Crippen LogP contribution >= 0.6 is 0 Å². The first-order valence-corrected chi connectivity index (χ1v) is 11.4. The van der Waals surface area contributed by atoms with Gasteiger partial charge < -0.3 is 10.3 Å². The van der Waals surface area contributed by atoms with E-state index in [2.05, 4.69) is 25.3 Å². The Bertz CT molecular complexity index is 1270. The molecule has 166 valence electrons. The van der Waals surface area contributed by atoms with Gasteiger partial charge in [0.05, 0.1) is 17.2 Å². The molecular formula is C26H25N5O2. The van der Waals surface area contributed by atoms with Gasteiger partial charge in [-0.3, -0.25) is 14.6 Å². The van der Waals surface area contributed by atoms with Crippen LogP contribution in [0.4, 0.5) is 5.82 Å². The number of benzene rings is 1. The number of fused-ring (bicyclic) bond motifs is 1. The number of imidazole rings is 1. The summed E-state index contributed by atoms with van der Waals surface area (Å²) in [6, 6.07) is 14.3. The molecule has 5 rings (SSSR count). The predicted octanol–water partition coefficient (Wildman–Crippen LogP) is 5.16. The number of carbonyl (C=O) groups is 2. The number of nitrogens with zero attached hydrogens (tertiary/aromatic N) is 3. The van der Waals surface area contributed by atoms with Gasteiger partial charge >= 0.3 is 0 Å². The number of rotatable bonds is 5. The quantitative estimate of drug-likeness (QED) is 0.330. The fraction of sp³-hybridized carbons (Fsp3) is 0.269. The van der Waals surface area contributed by atoms with Gasteiger partial charge in [-0.05, 0) is 25.0 Å². The number of carbonyl (C=O) groups excluding carboxylic acids is 2. The van der Waals surface area contributed by atoms with E-state index in [0.717, 1.165) is 42.3 Å². The number of hydrogen-bond acceptors (Lipinski definition) is 5. The average molecular weight is 440 g/mol. The van der Waals surface area contributed by atoms with Crippen molar-refractivity contribution in [1.82, 2.24) is 19.9 Å². The van der Waals surface area contributed by atoms with Crippen LogP contribution in [0.3, 0.4) is 0 Å². The van der Waals surface area contributed by atoms with E-state index in [-0.39, 0.29) is 17.6 Å². The molecule has 0 saturated heterocycles. The third kappa shape index (κ3) is 4.67. The van der Waals surface area contributed by atoms with E-state index >= 15 is 0 Å². The summed E-state index contributed by atoms with van der Waals surface area (Å²) in [5, 5.41) is 2.97. The van der Waals surface area contributed by atoms with Gasteiger partial charge in [0.15, 0.2) is 0 Å². The van der Waals surface area contributed by atoms with E-state index in [1.54, 1.807) is 48.8 Å². The second kappa shape index (κ2) is 9.32. The minimum atomic E-state index is -0.120. The summed E-state index contributed by atoms with van der Waals surface area (Å²) >= 11 is 0. The zero-order valence-electron chi connectivity index (χ0n) is 18.3. The number of aromatic amines is 1. The highest BCUT2D eigenvalue weighted by atomic mass is 16.2. The average Bonchev–Trinajstić information content (AvgIpc) is 3.08. The van der Waals surface area contributed by atoms with E-state index in [4.69, 9.17) is 0 Å². The molecule has 1 amide bonds. The number of aromatic nitrogens is 4. The van der Waals surface area contributed by atoms with Crippen LogP contribution in [0.25, 0.3) is 22.4 Å². The summed E-state index contributed by atoms with van der Waals surface area (Å²) in [5.74, 6) is 1.19. The van der Waals surface area contributed by atoms with Crippen LogP contribution in [0, 0.1) is 5.92 Å². The molecule has 7 nitrogen and oxygen atoms in total. The van der Waals surface area contributed by atoms with Gasteiger partial charge in [-0.2, -0.15) is 0 Å². The van der Waals surface area contributed by atoms with Crippen LogP contribution in [0.1, 0.15) is 54.6 Å². The molecule has 0 unspecified atom stereocenters. The minimum Gasteiger partial charge on any atom is -0.337 e. The fourth-order valence-electron chi connectivity index (χ4n) is 4.31. The minimum absolute atomic E-state index is 0.0488. The topological polar surface area (TPSA) is 101 Å². The summed E-state index contributed by atoms with van der Waals surface area (Å²) in [4.78, 5) is 41.7. The van der Waals surface area contributed by atoms with E-state index in [1.807, 2.05) is 12.1 Å². The van der Waals surface area contributed by atoms with Crippen LogP contribution in [-0.4, -0.2) is 31.6 Å². The summed E-state index contributed by atoms with van der Waals surface area (Å²) in [5.41, 5.74) is 3.35. The number of nitrogens with one attached hydrogen (secondary N) is 2. The van der Waals surface area contributed by atoms with Crippen LogP contribution in [-0.2, 0) is 4.79 Å². The zero-order chi connectivity index (χ0) is 22.6. The molecule has 1 fully saturated rings. The molecule has 33 heavy (non-hydrogen) atoms. The van der Waals surface area contributed by atoms with Gasteiger partial charge in [0.2, 0.25) is 11.7 Å². The highest BCUT2D eigenvalue weighted by Crippen LogP contribution is 2.25. The number of hydrogen-bond donors (Lipinski definition) is 2. The summed E-state index contributed by atoms with van der Waals surface area (Å²) < 4.78 is 0. The van der Waals surface area contributed by atoms with E-state index < -0.39 is 0 Å². The maximum Gasteiger partial charge on any atom is 0.228 e. The van der Waals surface area contributed by atoms with Crippen molar-refractivity contribution < 1.29 is 9.59 Å². The lowest BCUT2D eigenvalue weighted by Gasteiger charge is -2.13. The van der Waals surface area contributed by atoms with E-state index in [9.17, 15) is 9.59 Å². The van der Waals surface area contributed by atoms with Crippen molar-refractivity contribution in [2.75, 3.05) is 5.32 Å². The maximum absolute atomic E-state index is 12.7. The van der Waals surface area contributed by atoms with Crippen LogP contribution < -0.4 is 5.32 Å². The predicted molar refractivity (Wildman–Crippen MR) is 127 cm³/mol. The molecule has 1 aliphatic rings. The highest BCUT2D eigenvalue weighted by molar-refractivity contribution is 6.07. The van der Waals surface area contributed by atoms with Gasteiger partial charge in [0.25, 0.3) is 0 Å². The van der Waals surface area contributed by atoms with E-state index in [1.165, 1.54) is 12.8 Å². The first kappa shape index (κ1) is 21.0. The standard InChI is InChI=1S/C26H25N5O2/c32-24(20-9-5-6-14-27-20)17-10-12-18(13-11-17)25-29-21-15-23(28-16-22(21)30-25)31-26(33)19-7-3-1-2-4-8-19/h5-6,9-16,19H,1-4,7-8H2,(H,29,30)(H,28,31,33). The second-order valence-electron chi connectivity index (χ2n) is 8.47. The molecule has 7 heteroatoms. The molecule has 0 bridgehead atoms. The third-order valence-corrected chi connectivity index (χ3v) is 6.16. The molecule has 0 radical (unpaired) electrons. The van der Waals surface area contributed by atoms with Gasteiger partial charge in [-0.15, -0.1) is 0 Å². The van der Waals surface area contributed by atoms with E-state index in [0.29, 0.717) is 22.9 Å². The Morgan fingerprint density at radius 3 is 2.45 bits per heavy atom. The number of anilines is 1. The lowest BCUT2D eigenvalue weighted by Crippen LogP contribution is -2.22. The van der Waals surface area contributed by atoms with Gasteiger partial charge in [-0.1, -0.05) is 56.0 Å². The Morgan fingerprint density at radius 2 is 1.73 bits per heavy atom. The Hall–Kier alpha value is -3.87. The van der Waals surface area contributed by atoms with Crippen molar-refractivity contribution in [3.8, 4) is 11.4 Å². The van der Waals surface area contributed by atoms with Gasteiger partial charge in [0, 0.05) is 29.3 Å². The van der Waals surface area contributed by atoms with Crippen LogP contribution in [0.2, 0.25) is 0 Å². The lowest BCUT2D eigenvalue weighted by molar-refractivity contribution is -0.120. The fourth-order valence-corrected chi connectivity index (χ4v) is 4.31. The third-order valence-electron chi connectivity index (χ3n) is 6.16. The highest BCUT2D eigenvalue weighted by Gasteiger charge is 2.20. The Labute approximate surface area is 191 Å². The van der Waals surface area contributed by atoms with Crippen molar-refractivity contribution in [3.05, 3.63) is 72.2 Å². The Morgan fingerprint density at radius 1 is 0.939 bits per heavy atom. The number of ketones is 1. The zero-order valence-corrected chi connectivity index (χ0v) is 18.3. The largest absolute Gasteiger partial charge is 0.337 e. The van der Waals surface area contributed by atoms with Crippen LogP contribution in [0.15, 0.2) is 60.9 Å². The van der Waals surface area contributed by atoms with Crippen molar-refractivity contribution in [3.63, 3.8) is 0 Å². The van der Waals surface area contributed by atoms with Gasteiger partial charge in [-0.25, -0.2) is 9.97 Å². The SMILES string of the molecule is O=C(c1ccc(-c2nc3cc(NC(=O)C4CCCCCC4)ncc3[nH]2)cc1)c1ccccn1. The van der Waals surface area contributed by atoms with Crippen molar-refractivity contribution in [2.45, 2.75) is 38.5 Å². The Kier molecular flexibility index (Phi) is 5.93. The molecule has 1 saturated carbocycles. The molecule has 2 N–H and O–H groups in total. The lowest BCUT2D eigenvalue weighted by atomic mass is 9.99. The van der Waals surface area contributed by atoms with Crippen molar-refractivity contribution in [1.29, 1.82) is 0 Å². The summed E-state index contributed by atoms with van der Waals surface area (Å²) in [6.07, 6.45) is 9.83. The molecule has 0 atom stereocenters. The molecule has 1 aromatic carbocycles. The molecule has 0 aliphatic heterocycles. The summed E-state index contributed by atoms with van der Waals surface area (Å²) in [6.45, 7) is 0. The number of H-pyrrole nitrogens is 1. The molecular weight excluding hydrogens is 414 g/mol. The molecule has 3 heterocycles. The molecule has 0 spiro atoms. The normalized spacial score (nSPS) is 14.7. The first-order valence-electron chi connectivity index (χ1n) is 11.4. The second-order valence-corrected chi connectivity index (χ2v) is 8.47. The summed E-state index contributed by atoms with van der Waals surface area (Å²) in [7, 11) is 0. The van der Waals surface area contributed by atoms with Crippen LogP contribution in [0.5, 0.6) is 0 Å². The first-order chi connectivity index (χ1) is 16.2. The smallest absolute Gasteiger partial charge is 0.228 e. The van der Waals surface area contributed by atoms with Crippen molar-refractivity contribution >= 4 is 28.5 Å². The Balaban J connectivity index is 1.32. The van der Waals surface area contributed by atoms with Gasteiger partial charge in [0.1, 0.15) is 17.3 Å².